The van der Waals surface area contributed by atoms with Crippen LogP contribution in [0, 0.1) is 0 Å². The Bertz CT molecular complexity index is 300. The van der Waals surface area contributed by atoms with E-state index in [1.807, 2.05) is 0 Å². The third-order valence-corrected chi connectivity index (χ3v) is 2.48. The lowest BCUT2D eigenvalue weighted by atomic mass is 10.1. The first kappa shape index (κ1) is 9.92. The van der Waals surface area contributed by atoms with Crippen molar-refractivity contribution in [3.63, 3.8) is 0 Å². The summed E-state index contributed by atoms with van der Waals surface area (Å²) in [7, 11) is 3.11. The van der Waals surface area contributed by atoms with E-state index in [1.54, 1.807) is 22.0 Å². The molecule has 68 valence electrons. The number of rotatable bonds is 0. The largest absolute Gasteiger partial charge is 0.338 e. The number of nitrogens with zero attached hydrogens (tertiary/aromatic N) is 2. The van der Waals surface area contributed by atoms with Crippen molar-refractivity contribution in [2.45, 2.75) is 6.92 Å². The van der Waals surface area contributed by atoms with Crippen LogP contribution in [-0.4, -0.2) is 41.7 Å². The second-order valence-electron chi connectivity index (χ2n) is 2.71. The summed E-state index contributed by atoms with van der Waals surface area (Å²) in [5.74, 6) is -0.675. The number of likely N-dealkylation sites (N-methyl/N-ethyl adjacent to an activating group) is 1. The first-order chi connectivity index (χ1) is 6.00. The highest BCUT2D eigenvalue weighted by molar-refractivity contribution is 7.80. The van der Waals surface area contributed by atoms with Crippen LogP contribution in [0.15, 0.2) is 11.6 Å². The van der Waals surface area contributed by atoms with Crippen LogP contribution in [0.2, 0.25) is 0 Å². The van der Waals surface area contributed by atoms with Crippen molar-refractivity contribution in [1.29, 1.82) is 0 Å². The van der Waals surface area contributed by atoms with Gasteiger partial charge in [0, 0.05) is 7.05 Å². The molecule has 0 aromatic rings. The SMILES string of the molecule is BN1C(=O)/C(=C\C)C(=O)N(C)C1=S. The zero-order chi connectivity index (χ0) is 10.2. The van der Waals surface area contributed by atoms with E-state index in [0.717, 1.165) is 0 Å². The van der Waals surface area contributed by atoms with Gasteiger partial charge in [0.2, 0.25) is 7.98 Å². The van der Waals surface area contributed by atoms with Gasteiger partial charge in [-0.15, -0.1) is 0 Å². The maximum Gasteiger partial charge on any atom is 0.264 e. The fourth-order valence-electron chi connectivity index (χ4n) is 1.10. The maximum atomic E-state index is 11.4. The summed E-state index contributed by atoms with van der Waals surface area (Å²) < 4.78 is 0. The Balaban J connectivity index is 3.14. The van der Waals surface area contributed by atoms with E-state index in [2.05, 4.69) is 0 Å². The van der Waals surface area contributed by atoms with Gasteiger partial charge in [0.25, 0.3) is 11.8 Å². The highest BCUT2D eigenvalue weighted by Crippen LogP contribution is 2.13. The third kappa shape index (κ3) is 1.37. The number of carbonyl (C=O) groups excluding carboxylic acids is 2. The molecule has 0 aromatic carbocycles. The van der Waals surface area contributed by atoms with Gasteiger partial charge in [0.15, 0.2) is 5.11 Å². The third-order valence-electron chi connectivity index (χ3n) is 1.93. The first-order valence-electron chi connectivity index (χ1n) is 3.77. The quantitative estimate of drug-likeness (QED) is 0.217. The molecule has 1 heterocycles. The molecule has 0 spiro atoms. The van der Waals surface area contributed by atoms with E-state index in [0.29, 0.717) is 0 Å². The molecule has 1 saturated heterocycles. The second kappa shape index (κ2) is 3.29. The summed E-state index contributed by atoms with van der Waals surface area (Å²) in [6.07, 6.45) is 1.50. The van der Waals surface area contributed by atoms with Crippen LogP contribution in [-0.2, 0) is 9.59 Å². The smallest absolute Gasteiger partial charge is 0.264 e. The van der Waals surface area contributed by atoms with Crippen LogP contribution in [0.1, 0.15) is 6.92 Å². The predicted octanol–water partition coefficient (Wildman–Crippen LogP) is -0.934. The molecular formula is C7H9BN2O2S. The number of hydrogen-bond donors (Lipinski definition) is 0. The molecular weight excluding hydrogens is 187 g/mol. The highest BCUT2D eigenvalue weighted by atomic mass is 32.1. The van der Waals surface area contributed by atoms with Gasteiger partial charge in [-0.3, -0.25) is 14.5 Å². The highest BCUT2D eigenvalue weighted by Gasteiger charge is 2.33. The number of carbonyl (C=O) groups is 2. The molecule has 1 aliphatic heterocycles. The van der Waals surface area contributed by atoms with E-state index in [1.165, 1.54) is 15.8 Å². The van der Waals surface area contributed by atoms with Crippen molar-refractivity contribution in [3.8, 4) is 0 Å². The molecule has 0 saturated carbocycles. The second-order valence-corrected chi connectivity index (χ2v) is 3.08. The summed E-state index contributed by atoms with van der Waals surface area (Å²) in [6.45, 7) is 1.65. The fourth-order valence-corrected chi connectivity index (χ4v) is 1.26. The van der Waals surface area contributed by atoms with Gasteiger partial charge in [0.05, 0.1) is 5.57 Å². The van der Waals surface area contributed by atoms with E-state index in [-0.39, 0.29) is 22.5 Å². The van der Waals surface area contributed by atoms with Gasteiger partial charge in [-0.05, 0) is 19.1 Å². The molecule has 0 unspecified atom stereocenters. The molecule has 0 radical (unpaired) electrons. The zero-order valence-electron chi connectivity index (χ0n) is 7.70. The Morgan fingerprint density at radius 3 is 2.38 bits per heavy atom. The van der Waals surface area contributed by atoms with Gasteiger partial charge < -0.3 is 4.81 Å². The summed E-state index contributed by atoms with van der Waals surface area (Å²) in [6, 6.07) is 0. The van der Waals surface area contributed by atoms with E-state index < -0.39 is 0 Å². The maximum absolute atomic E-state index is 11.4. The Morgan fingerprint density at radius 1 is 1.38 bits per heavy atom. The lowest BCUT2D eigenvalue weighted by Gasteiger charge is -2.32. The van der Waals surface area contributed by atoms with Crippen molar-refractivity contribution in [1.82, 2.24) is 9.71 Å². The lowest BCUT2D eigenvalue weighted by molar-refractivity contribution is -0.130. The van der Waals surface area contributed by atoms with E-state index in [9.17, 15) is 9.59 Å². The van der Waals surface area contributed by atoms with Crippen molar-refractivity contribution in [3.05, 3.63) is 11.6 Å². The van der Waals surface area contributed by atoms with Crippen LogP contribution in [0.4, 0.5) is 0 Å². The molecule has 13 heavy (non-hydrogen) atoms. The Hall–Kier alpha value is -1.17. The summed E-state index contributed by atoms with van der Waals surface area (Å²) in [4.78, 5) is 25.5. The number of hydrogen-bond acceptors (Lipinski definition) is 3. The van der Waals surface area contributed by atoms with Crippen molar-refractivity contribution >= 4 is 37.1 Å². The molecule has 0 atom stereocenters. The molecule has 1 aliphatic rings. The van der Waals surface area contributed by atoms with E-state index >= 15 is 0 Å². The Labute approximate surface area is 82.6 Å². The van der Waals surface area contributed by atoms with Crippen LogP contribution in [0.5, 0.6) is 0 Å². The standard InChI is InChI=1S/C7H9BN2O2S/c1-3-4-5(11)9(2)7(13)10(8)6(4)12/h3H,8H2,1-2H3/b4-3-. The number of amides is 2. The molecule has 4 nitrogen and oxygen atoms in total. The van der Waals surface area contributed by atoms with Crippen molar-refractivity contribution in [2.24, 2.45) is 0 Å². The van der Waals surface area contributed by atoms with Crippen LogP contribution in [0.3, 0.4) is 0 Å². The van der Waals surface area contributed by atoms with Crippen molar-refractivity contribution in [2.75, 3.05) is 7.05 Å². The molecule has 0 aliphatic carbocycles. The fraction of sp³-hybridized carbons (Fsp3) is 0.286. The van der Waals surface area contributed by atoms with Crippen molar-refractivity contribution < 1.29 is 9.59 Å². The van der Waals surface area contributed by atoms with E-state index in [4.69, 9.17) is 12.2 Å². The molecule has 6 heteroatoms. The molecule has 0 N–H and O–H groups in total. The molecule has 2 amide bonds. The predicted molar refractivity (Wildman–Crippen MR) is 54.5 cm³/mol. The minimum absolute atomic E-state index is 0.165. The molecule has 1 rings (SSSR count). The van der Waals surface area contributed by atoms with Crippen LogP contribution >= 0.6 is 12.2 Å². The van der Waals surface area contributed by atoms with Gasteiger partial charge in [-0.1, -0.05) is 6.08 Å². The average Bonchev–Trinajstić information content (AvgIpc) is 2.13. The topological polar surface area (TPSA) is 40.6 Å². The minimum Gasteiger partial charge on any atom is -0.338 e. The lowest BCUT2D eigenvalue weighted by Crippen LogP contribution is -2.53. The summed E-state index contributed by atoms with van der Waals surface area (Å²) >= 11 is 4.89. The Kier molecular flexibility index (Phi) is 2.51. The summed E-state index contributed by atoms with van der Waals surface area (Å²) in [5, 5.41) is 0.237. The first-order valence-corrected chi connectivity index (χ1v) is 4.18. The van der Waals surface area contributed by atoms with Gasteiger partial charge in [-0.2, -0.15) is 0 Å². The van der Waals surface area contributed by atoms with Crippen LogP contribution in [0.25, 0.3) is 0 Å². The minimum atomic E-state index is -0.337. The number of thiocarbonyl (C=S) groups is 1. The molecule has 0 bridgehead atoms. The normalized spacial score (nSPS) is 21.7. The summed E-state index contributed by atoms with van der Waals surface area (Å²) in [5.41, 5.74) is 0.165. The van der Waals surface area contributed by atoms with Crippen LogP contribution < -0.4 is 0 Å². The Morgan fingerprint density at radius 2 is 1.92 bits per heavy atom. The average molecular weight is 196 g/mol. The zero-order valence-corrected chi connectivity index (χ0v) is 8.51. The molecule has 0 aromatic heterocycles. The van der Waals surface area contributed by atoms with Gasteiger partial charge >= 0.3 is 0 Å². The van der Waals surface area contributed by atoms with Gasteiger partial charge in [0.1, 0.15) is 0 Å². The van der Waals surface area contributed by atoms with Gasteiger partial charge in [-0.25, -0.2) is 0 Å². The number of allylic oxidation sites excluding steroid dienone is 1. The monoisotopic (exact) mass is 196 g/mol. The molecule has 1 fully saturated rings.